The van der Waals surface area contributed by atoms with E-state index in [1.165, 1.54) is 27.8 Å². The standard InChI is InChI=1S/C28H29N3OP/c1-4-28-15-13-20-9-8-12-23-26(20)27-30(28)24-18-21(14-16-28)19(2)17-25(24)31(27)33(32,29(23)3)22-10-6-5-7-11-22/h5-12,17-18H,4,13-16H2,1-3H3/q+1. The molecular formula is C28H29N3OP+. The molecule has 166 valence electrons. The predicted octanol–water partition coefficient (Wildman–Crippen LogP) is 5.72. The molecule has 3 aromatic carbocycles. The molecular weight excluding hydrogens is 425 g/mol. The quantitative estimate of drug-likeness (QED) is 0.286. The molecule has 4 nitrogen and oxygen atoms in total. The summed E-state index contributed by atoms with van der Waals surface area (Å²) in [6.45, 7) is 4.56. The van der Waals surface area contributed by atoms with Crippen LogP contribution in [0.25, 0.3) is 22.4 Å². The summed E-state index contributed by atoms with van der Waals surface area (Å²) in [7, 11) is -1.14. The SMILES string of the molecule is CCC12CCc3cc4c(cc3C)n3c([n+]41)-c1c(cccc1N(C)P3(=O)c1ccccc1)CC2. The van der Waals surface area contributed by atoms with Crippen molar-refractivity contribution in [1.82, 2.24) is 4.34 Å². The van der Waals surface area contributed by atoms with Crippen LogP contribution in [0.15, 0.2) is 60.7 Å². The molecule has 5 heteroatoms. The fraction of sp³-hybridized carbons (Fsp3) is 0.321. The van der Waals surface area contributed by atoms with Gasteiger partial charge in [0.2, 0.25) is 0 Å². The molecule has 1 aromatic heterocycles. The van der Waals surface area contributed by atoms with E-state index in [-0.39, 0.29) is 5.54 Å². The molecule has 0 fully saturated rings. The maximum Gasteiger partial charge on any atom is 0.376 e. The summed E-state index contributed by atoms with van der Waals surface area (Å²) >= 11 is 0. The van der Waals surface area contributed by atoms with Gasteiger partial charge in [-0.15, -0.1) is 0 Å². The summed E-state index contributed by atoms with van der Waals surface area (Å²) in [4.78, 5) is 0. The zero-order valence-corrected chi connectivity index (χ0v) is 20.4. The Kier molecular flexibility index (Phi) is 3.80. The van der Waals surface area contributed by atoms with Gasteiger partial charge in [-0.2, -0.15) is 4.34 Å². The van der Waals surface area contributed by atoms with Gasteiger partial charge in [-0.3, -0.25) is 4.67 Å². The molecule has 0 amide bonds. The first kappa shape index (κ1) is 19.6. The lowest BCUT2D eigenvalue weighted by molar-refractivity contribution is -0.734. The van der Waals surface area contributed by atoms with Gasteiger partial charge in [0.15, 0.2) is 11.0 Å². The molecule has 7 rings (SSSR count). The highest BCUT2D eigenvalue weighted by atomic mass is 31.2. The minimum atomic E-state index is -3.16. The van der Waals surface area contributed by atoms with Gasteiger partial charge in [-0.05, 0) is 86.1 Å². The summed E-state index contributed by atoms with van der Waals surface area (Å²) < 4.78 is 22.3. The number of hydrogen-bond acceptors (Lipinski definition) is 1. The summed E-state index contributed by atoms with van der Waals surface area (Å²) in [5.41, 5.74) is 8.88. The molecule has 3 aliphatic heterocycles. The molecule has 2 unspecified atom stereocenters. The van der Waals surface area contributed by atoms with Crippen LogP contribution in [0.5, 0.6) is 0 Å². The molecule has 3 aliphatic rings. The second-order valence-electron chi connectivity index (χ2n) is 10.0. The number of benzene rings is 3. The van der Waals surface area contributed by atoms with E-state index in [1.807, 2.05) is 37.4 Å². The fourth-order valence-electron chi connectivity index (χ4n) is 6.75. The first-order valence-corrected chi connectivity index (χ1v) is 13.7. The lowest BCUT2D eigenvalue weighted by atomic mass is 9.84. The van der Waals surface area contributed by atoms with Crippen molar-refractivity contribution in [2.75, 3.05) is 11.7 Å². The van der Waals surface area contributed by atoms with Crippen LogP contribution in [0.3, 0.4) is 0 Å². The highest BCUT2D eigenvalue weighted by Gasteiger charge is 2.54. The number of fused-ring (bicyclic) bond motifs is 2. The van der Waals surface area contributed by atoms with Gasteiger partial charge in [0.1, 0.15) is 5.54 Å². The van der Waals surface area contributed by atoms with Crippen molar-refractivity contribution >= 4 is 29.5 Å². The molecule has 2 atom stereocenters. The molecule has 4 heterocycles. The summed E-state index contributed by atoms with van der Waals surface area (Å²) in [6.07, 6.45) is 5.49. The van der Waals surface area contributed by atoms with E-state index in [4.69, 9.17) is 0 Å². The third-order valence-electron chi connectivity index (χ3n) is 8.64. The average molecular weight is 455 g/mol. The lowest BCUT2D eigenvalue weighted by Crippen LogP contribution is -2.56. The molecule has 0 saturated heterocycles. The van der Waals surface area contributed by atoms with Crippen molar-refractivity contribution in [3.05, 3.63) is 77.4 Å². The highest BCUT2D eigenvalue weighted by molar-refractivity contribution is 7.72. The van der Waals surface area contributed by atoms with Crippen LogP contribution >= 0.6 is 7.44 Å². The molecule has 0 N–H and O–H groups in total. The lowest BCUT2D eigenvalue weighted by Gasteiger charge is -2.34. The minimum absolute atomic E-state index is 0.0368. The minimum Gasteiger partial charge on any atom is -0.288 e. The van der Waals surface area contributed by atoms with E-state index in [9.17, 15) is 0 Å². The monoisotopic (exact) mass is 454 g/mol. The molecule has 4 aromatic rings. The van der Waals surface area contributed by atoms with E-state index >= 15 is 4.57 Å². The van der Waals surface area contributed by atoms with Gasteiger partial charge >= 0.3 is 7.44 Å². The third kappa shape index (κ3) is 2.23. The molecule has 0 spiro atoms. The number of aryl methyl sites for hydroxylation is 3. The van der Waals surface area contributed by atoms with Crippen LogP contribution in [-0.4, -0.2) is 11.4 Å². The largest absolute Gasteiger partial charge is 0.376 e. The zero-order valence-electron chi connectivity index (χ0n) is 19.5. The maximum absolute atomic E-state index is 15.4. The Hall–Kier alpha value is -2.84. The fourth-order valence-corrected chi connectivity index (χ4v) is 9.51. The third-order valence-corrected chi connectivity index (χ3v) is 11.6. The number of hydrogen-bond donors (Lipinski definition) is 0. The Bertz CT molecular complexity index is 1520. The second-order valence-corrected chi connectivity index (χ2v) is 12.6. The van der Waals surface area contributed by atoms with Gasteiger partial charge in [0.05, 0.1) is 16.6 Å². The van der Waals surface area contributed by atoms with Crippen molar-refractivity contribution < 1.29 is 9.13 Å². The van der Waals surface area contributed by atoms with Crippen LogP contribution in [0.2, 0.25) is 0 Å². The van der Waals surface area contributed by atoms with E-state index in [1.54, 1.807) is 0 Å². The molecule has 0 radical (unpaired) electrons. The van der Waals surface area contributed by atoms with E-state index in [0.717, 1.165) is 54.4 Å². The Morgan fingerprint density at radius 1 is 1.00 bits per heavy atom. The average Bonchev–Trinajstić information content (AvgIpc) is 3.01. The van der Waals surface area contributed by atoms with Crippen molar-refractivity contribution in [2.45, 2.75) is 51.5 Å². The van der Waals surface area contributed by atoms with Gasteiger partial charge < -0.3 is 0 Å². The van der Waals surface area contributed by atoms with Crippen LogP contribution in [0.4, 0.5) is 5.69 Å². The summed E-state index contributed by atoms with van der Waals surface area (Å²) in [6, 6.07) is 21.4. The highest BCUT2D eigenvalue weighted by Crippen LogP contribution is 2.62. The summed E-state index contributed by atoms with van der Waals surface area (Å²) in [5, 5.41) is 0.883. The van der Waals surface area contributed by atoms with Crippen molar-refractivity contribution in [1.29, 1.82) is 0 Å². The Morgan fingerprint density at radius 3 is 2.52 bits per heavy atom. The van der Waals surface area contributed by atoms with Crippen molar-refractivity contribution in [2.24, 2.45) is 0 Å². The second kappa shape index (κ2) is 6.39. The Morgan fingerprint density at radius 2 is 1.76 bits per heavy atom. The number of anilines is 1. The maximum atomic E-state index is 15.4. The van der Waals surface area contributed by atoms with E-state index < -0.39 is 7.44 Å². The van der Waals surface area contributed by atoms with Gasteiger partial charge in [0.25, 0.3) is 5.82 Å². The van der Waals surface area contributed by atoms with Crippen molar-refractivity contribution in [3.8, 4) is 11.4 Å². The number of nitrogens with zero attached hydrogens (tertiary/aromatic N) is 3. The van der Waals surface area contributed by atoms with Gasteiger partial charge in [0, 0.05) is 7.05 Å². The number of aromatic nitrogens is 2. The zero-order chi connectivity index (χ0) is 22.5. The predicted molar refractivity (Wildman–Crippen MR) is 135 cm³/mol. The molecule has 0 aliphatic carbocycles. The first-order chi connectivity index (χ1) is 16.0. The molecule has 2 bridgehead atoms. The summed E-state index contributed by atoms with van der Waals surface area (Å²) in [5.74, 6) is 1.15. The number of imidazole rings is 1. The molecule has 0 saturated carbocycles. The number of rotatable bonds is 2. The Balaban J connectivity index is 1.75. The molecule has 33 heavy (non-hydrogen) atoms. The van der Waals surface area contributed by atoms with Crippen LogP contribution < -0.4 is 14.5 Å². The van der Waals surface area contributed by atoms with Crippen molar-refractivity contribution in [3.63, 3.8) is 0 Å². The van der Waals surface area contributed by atoms with Crippen LogP contribution in [-0.2, 0) is 22.9 Å². The van der Waals surface area contributed by atoms with Gasteiger partial charge in [-0.25, -0.2) is 9.13 Å². The smallest absolute Gasteiger partial charge is 0.288 e. The van der Waals surface area contributed by atoms with Crippen LogP contribution in [0.1, 0.15) is 42.9 Å². The van der Waals surface area contributed by atoms with Crippen LogP contribution in [0, 0.1) is 6.92 Å². The Labute approximate surface area is 195 Å². The topological polar surface area (TPSA) is 29.1 Å². The van der Waals surface area contributed by atoms with Gasteiger partial charge in [-0.1, -0.05) is 37.3 Å². The van der Waals surface area contributed by atoms with E-state index in [2.05, 4.69) is 57.8 Å². The first-order valence-electron chi connectivity index (χ1n) is 12.1. The van der Waals surface area contributed by atoms with E-state index in [0.29, 0.717) is 0 Å². The normalized spacial score (nSPS) is 24.8.